The fourth-order valence-corrected chi connectivity index (χ4v) is 2.81. The van der Waals surface area contributed by atoms with Gasteiger partial charge in [0, 0.05) is 25.4 Å². The largest absolute Gasteiger partial charge is 0.340 e. The minimum atomic E-state index is -0.699. The van der Waals surface area contributed by atoms with Gasteiger partial charge in [0.1, 0.15) is 5.54 Å². The first-order chi connectivity index (χ1) is 10.9. The number of anilines is 1. The highest BCUT2D eigenvalue weighted by Crippen LogP contribution is 2.33. The second-order valence-electron chi connectivity index (χ2n) is 6.02. The van der Waals surface area contributed by atoms with Crippen molar-refractivity contribution in [2.75, 3.05) is 18.0 Å². The molecule has 0 bridgehead atoms. The van der Waals surface area contributed by atoms with E-state index < -0.39 is 5.54 Å². The van der Waals surface area contributed by atoms with Gasteiger partial charge in [0.15, 0.2) is 5.82 Å². The van der Waals surface area contributed by atoms with Gasteiger partial charge in [-0.2, -0.15) is 4.98 Å². The second kappa shape index (κ2) is 5.60. The molecule has 0 aliphatic carbocycles. The van der Waals surface area contributed by atoms with Crippen molar-refractivity contribution in [1.29, 1.82) is 0 Å². The lowest BCUT2D eigenvalue weighted by Gasteiger charge is -2.26. The summed E-state index contributed by atoms with van der Waals surface area (Å²) in [4.78, 5) is 27.0. The highest BCUT2D eigenvalue weighted by Gasteiger charge is 2.45. The summed E-state index contributed by atoms with van der Waals surface area (Å²) in [6.07, 6.45) is 2.47. The van der Waals surface area contributed by atoms with Gasteiger partial charge in [-0.15, -0.1) is 0 Å². The van der Waals surface area contributed by atoms with E-state index in [9.17, 15) is 4.79 Å². The molecule has 0 saturated carbocycles. The van der Waals surface area contributed by atoms with Gasteiger partial charge in [0.2, 0.25) is 11.9 Å². The van der Waals surface area contributed by atoms with E-state index in [4.69, 9.17) is 4.52 Å². The smallest absolute Gasteiger partial charge is 0.254 e. The first-order valence-corrected chi connectivity index (χ1v) is 7.54. The topological polar surface area (TPSA) is 97.0 Å². The Kier molecular flexibility index (Phi) is 3.75. The highest BCUT2D eigenvalue weighted by molar-refractivity contribution is 5.74. The lowest BCUT2D eigenvalue weighted by molar-refractivity contribution is -0.121. The molecule has 1 N–H and O–H groups in total. The van der Waals surface area contributed by atoms with Gasteiger partial charge in [-0.05, 0) is 32.8 Å². The van der Waals surface area contributed by atoms with E-state index in [1.807, 2.05) is 24.9 Å². The van der Waals surface area contributed by atoms with Crippen LogP contribution in [0.4, 0.5) is 5.95 Å². The van der Waals surface area contributed by atoms with Crippen molar-refractivity contribution in [3.63, 3.8) is 0 Å². The van der Waals surface area contributed by atoms with E-state index in [0.29, 0.717) is 37.2 Å². The van der Waals surface area contributed by atoms with Crippen LogP contribution < -0.4 is 10.2 Å². The zero-order valence-electron chi connectivity index (χ0n) is 13.8. The molecular weight excluding hydrogens is 296 g/mol. The summed E-state index contributed by atoms with van der Waals surface area (Å²) in [6, 6.07) is 0. The van der Waals surface area contributed by atoms with Crippen LogP contribution in [-0.2, 0) is 10.3 Å². The lowest BCUT2D eigenvalue weighted by Crippen LogP contribution is -2.47. The Balaban J connectivity index is 1.91. The number of amides is 1. The van der Waals surface area contributed by atoms with Crippen LogP contribution in [0.3, 0.4) is 0 Å². The zero-order chi connectivity index (χ0) is 16.6. The van der Waals surface area contributed by atoms with Crippen LogP contribution in [-0.4, -0.2) is 39.1 Å². The maximum atomic E-state index is 11.7. The summed E-state index contributed by atoms with van der Waals surface area (Å²) < 4.78 is 5.34. The number of hydrogen-bond acceptors (Lipinski definition) is 7. The number of hydrogen-bond donors (Lipinski definition) is 1. The van der Waals surface area contributed by atoms with Gasteiger partial charge in [-0.1, -0.05) is 5.16 Å². The molecule has 0 spiro atoms. The molecule has 23 heavy (non-hydrogen) atoms. The minimum Gasteiger partial charge on any atom is -0.340 e. The Morgan fingerprint density at radius 1 is 1.35 bits per heavy atom. The van der Waals surface area contributed by atoms with Crippen LogP contribution in [0.1, 0.15) is 36.3 Å². The second-order valence-corrected chi connectivity index (χ2v) is 6.02. The quantitative estimate of drug-likeness (QED) is 0.903. The molecule has 2 aromatic rings. The third-order valence-corrected chi connectivity index (χ3v) is 4.12. The number of carbonyl (C=O) groups excluding carboxylic acids is 1. The summed E-state index contributed by atoms with van der Waals surface area (Å²) in [7, 11) is 0. The zero-order valence-corrected chi connectivity index (χ0v) is 13.8. The van der Waals surface area contributed by atoms with Crippen molar-refractivity contribution in [3.8, 4) is 0 Å². The molecule has 8 heteroatoms. The van der Waals surface area contributed by atoms with Crippen molar-refractivity contribution < 1.29 is 9.32 Å². The van der Waals surface area contributed by atoms with Crippen molar-refractivity contribution in [1.82, 2.24) is 25.4 Å². The van der Waals surface area contributed by atoms with Crippen molar-refractivity contribution in [3.05, 3.63) is 29.2 Å². The summed E-state index contributed by atoms with van der Waals surface area (Å²) in [5.41, 5.74) is 1.30. The average molecular weight is 316 g/mol. The third-order valence-electron chi connectivity index (χ3n) is 4.12. The van der Waals surface area contributed by atoms with E-state index in [2.05, 4.69) is 25.4 Å². The molecule has 8 nitrogen and oxygen atoms in total. The molecule has 1 unspecified atom stereocenters. The number of carbonyl (C=O) groups is 1. The number of aryl methyl sites for hydroxylation is 3. The molecule has 3 rings (SSSR count). The molecular formula is C15H20N6O2. The van der Waals surface area contributed by atoms with Crippen LogP contribution in [0.5, 0.6) is 0 Å². The van der Waals surface area contributed by atoms with Crippen molar-refractivity contribution in [2.45, 2.75) is 39.7 Å². The molecule has 2 aromatic heterocycles. The maximum Gasteiger partial charge on any atom is 0.254 e. The molecule has 1 fully saturated rings. The van der Waals surface area contributed by atoms with Crippen LogP contribution in [0.2, 0.25) is 0 Å². The first-order valence-electron chi connectivity index (χ1n) is 7.54. The predicted octanol–water partition coefficient (Wildman–Crippen LogP) is 1.03. The molecule has 0 aromatic carbocycles. The Bertz CT molecular complexity index is 743. The molecule has 0 radical (unpaired) electrons. The monoisotopic (exact) mass is 316 g/mol. The van der Waals surface area contributed by atoms with E-state index in [0.717, 1.165) is 11.3 Å². The van der Waals surface area contributed by atoms with Crippen LogP contribution in [0.25, 0.3) is 0 Å². The molecule has 1 atom stereocenters. The predicted molar refractivity (Wildman–Crippen MR) is 82.9 cm³/mol. The molecule has 1 aliphatic rings. The van der Waals surface area contributed by atoms with Gasteiger partial charge < -0.3 is 14.7 Å². The fourth-order valence-electron chi connectivity index (χ4n) is 2.81. The standard InChI is InChI=1S/C15H20N6O2/c1-9-7-16-14(17-10(9)2)21-6-5-15(8-21,19-12(4)22)13-18-11(3)20-23-13/h7H,5-6,8H2,1-4H3,(H,19,22). The molecule has 3 heterocycles. The van der Waals surface area contributed by atoms with Crippen molar-refractivity contribution >= 4 is 11.9 Å². The van der Waals surface area contributed by atoms with E-state index in [1.165, 1.54) is 6.92 Å². The maximum absolute atomic E-state index is 11.7. The molecule has 122 valence electrons. The van der Waals surface area contributed by atoms with Crippen LogP contribution >= 0.6 is 0 Å². The Hall–Kier alpha value is -2.51. The van der Waals surface area contributed by atoms with Crippen LogP contribution in [0.15, 0.2) is 10.7 Å². The van der Waals surface area contributed by atoms with Gasteiger partial charge in [-0.25, -0.2) is 9.97 Å². The van der Waals surface area contributed by atoms with Gasteiger partial charge in [-0.3, -0.25) is 4.79 Å². The molecule has 1 amide bonds. The van der Waals surface area contributed by atoms with Crippen LogP contribution in [0, 0.1) is 20.8 Å². The number of aromatic nitrogens is 4. The SMILES string of the molecule is CC(=O)NC1(c2nc(C)no2)CCN(c2ncc(C)c(C)n2)C1. The Morgan fingerprint density at radius 2 is 2.13 bits per heavy atom. The Morgan fingerprint density at radius 3 is 2.74 bits per heavy atom. The number of rotatable bonds is 3. The van der Waals surface area contributed by atoms with E-state index in [1.54, 1.807) is 6.92 Å². The minimum absolute atomic E-state index is 0.135. The third kappa shape index (κ3) is 2.88. The number of nitrogens with zero attached hydrogens (tertiary/aromatic N) is 5. The van der Waals surface area contributed by atoms with Gasteiger partial charge in [0.25, 0.3) is 5.89 Å². The summed E-state index contributed by atoms with van der Waals surface area (Å²) >= 11 is 0. The van der Waals surface area contributed by atoms with Crippen molar-refractivity contribution in [2.24, 2.45) is 0 Å². The van der Waals surface area contributed by atoms with Gasteiger partial charge in [0.05, 0.1) is 6.54 Å². The molecule has 1 aliphatic heterocycles. The summed E-state index contributed by atoms with van der Waals surface area (Å²) in [6.45, 7) is 8.37. The van der Waals surface area contributed by atoms with Gasteiger partial charge >= 0.3 is 0 Å². The average Bonchev–Trinajstić information content (AvgIpc) is 3.09. The highest BCUT2D eigenvalue weighted by atomic mass is 16.5. The number of nitrogens with one attached hydrogen (secondary N) is 1. The Labute approximate surface area is 134 Å². The fraction of sp³-hybridized carbons (Fsp3) is 0.533. The lowest BCUT2D eigenvalue weighted by atomic mass is 9.98. The summed E-state index contributed by atoms with van der Waals surface area (Å²) in [5.74, 6) is 1.49. The first kappa shape index (κ1) is 15.4. The summed E-state index contributed by atoms with van der Waals surface area (Å²) in [5, 5.41) is 6.83. The van der Waals surface area contributed by atoms with E-state index >= 15 is 0 Å². The molecule has 1 saturated heterocycles. The van der Waals surface area contributed by atoms with E-state index in [-0.39, 0.29) is 5.91 Å². The normalized spacial score (nSPS) is 20.8.